The van der Waals surface area contributed by atoms with Crippen LogP contribution >= 0.6 is 0 Å². The predicted octanol–water partition coefficient (Wildman–Crippen LogP) is 2.73. The van der Waals surface area contributed by atoms with E-state index in [1.165, 1.54) is 18.6 Å². The van der Waals surface area contributed by atoms with E-state index in [0.717, 1.165) is 31.7 Å². The maximum atomic E-state index is 13.8. The Labute approximate surface area is 128 Å². The first-order valence-corrected chi connectivity index (χ1v) is 7.27. The van der Waals surface area contributed by atoms with Crippen LogP contribution in [0.2, 0.25) is 0 Å². The van der Waals surface area contributed by atoms with Gasteiger partial charge in [0.05, 0.1) is 11.3 Å². The lowest BCUT2D eigenvalue weighted by Crippen LogP contribution is -2.30. The summed E-state index contributed by atoms with van der Waals surface area (Å²) in [5.74, 6) is 0.381. The van der Waals surface area contributed by atoms with Gasteiger partial charge in [-0.3, -0.25) is 0 Å². The lowest BCUT2D eigenvalue weighted by atomic mass is 10.1. The van der Waals surface area contributed by atoms with E-state index in [-0.39, 0.29) is 11.5 Å². The molecule has 1 fully saturated rings. The Kier molecular flexibility index (Phi) is 3.88. The summed E-state index contributed by atoms with van der Waals surface area (Å²) in [4.78, 5) is 10.6. The number of nitriles is 1. The molecule has 1 aromatic heterocycles. The second-order valence-corrected chi connectivity index (χ2v) is 5.32. The number of anilines is 2. The highest BCUT2D eigenvalue weighted by Crippen LogP contribution is 2.26. The molecule has 2 aromatic rings. The fourth-order valence-electron chi connectivity index (χ4n) is 2.65. The Morgan fingerprint density at radius 3 is 2.59 bits per heavy atom. The van der Waals surface area contributed by atoms with Gasteiger partial charge < -0.3 is 10.6 Å². The van der Waals surface area contributed by atoms with E-state index < -0.39 is 5.82 Å². The standard InChI is InChI=1S/C16H16FN5/c17-13-8-11(4-5-12(13)10-18)14-9-15(21-16(19)20-14)22-6-2-1-3-7-22/h4-5,8-9H,1-3,6-7H2,(H2,19,20,21). The minimum atomic E-state index is -0.559. The molecule has 0 radical (unpaired) electrons. The van der Waals surface area contributed by atoms with Gasteiger partial charge in [0, 0.05) is 24.7 Å². The van der Waals surface area contributed by atoms with Gasteiger partial charge in [-0.25, -0.2) is 9.37 Å². The summed E-state index contributed by atoms with van der Waals surface area (Å²) in [5.41, 5.74) is 6.97. The summed E-state index contributed by atoms with van der Waals surface area (Å²) in [6.07, 6.45) is 3.49. The monoisotopic (exact) mass is 297 g/mol. The molecule has 2 heterocycles. The van der Waals surface area contributed by atoms with Crippen molar-refractivity contribution < 1.29 is 4.39 Å². The third-order valence-corrected chi connectivity index (χ3v) is 3.80. The summed E-state index contributed by atoms with van der Waals surface area (Å²) in [5, 5.41) is 8.80. The largest absolute Gasteiger partial charge is 0.368 e. The lowest BCUT2D eigenvalue weighted by molar-refractivity contribution is 0.573. The van der Waals surface area contributed by atoms with Crippen molar-refractivity contribution in [3.63, 3.8) is 0 Å². The van der Waals surface area contributed by atoms with Crippen molar-refractivity contribution in [1.82, 2.24) is 9.97 Å². The number of hydrogen-bond donors (Lipinski definition) is 1. The third kappa shape index (κ3) is 2.84. The number of nitrogens with zero attached hydrogens (tertiary/aromatic N) is 4. The van der Waals surface area contributed by atoms with Crippen LogP contribution in [0.1, 0.15) is 24.8 Å². The predicted molar refractivity (Wildman–Crippen MR) is 82.6 cm³/mol. The van der Waals surface area contributed by atoms with Crippen molar-refractivity contribution in [3.05, 3.63) is 35.6 Å². The number of hydrogen-bond acceptors (Lipinski definition) is 5. The number of nitrogens with two attached hydrogens (primary N) is 1. The lowest BCUT2D eigenvalue weighted by Gasteiger charge is -2.28. The van der Waals surface area contributed by atoms with Crippen LogP contribution in [0.25, 0.3) is 11.3 Å². The van der Waals surface area contributed by atoms with Gasteiger partial charge in [0.1, 0.15) is 17.7 Å². The molecule has 0 bridgehead atoms. The van der Waals surface area contributed by atoms with Crippen molar-refractivity contribution in [2.45, 2.75) is 19.3 Å². The van der Waals surface area contributed by atoms with E-state index in [0.29, 0.717) is 11.3 Å². The normalized spacial score (nSPS) is 14.6. The highest BCUT2D eigenvalue weighted by Gasteiger charge is 2.15. The molecule has 0 aliphatic carbocycles. The first kappa shape index (κ1) is 14.3. The van der Waals surface area contributed by atoms with Crippen molar-refractivity contribution >= 4 is 11.8 Å². The summed E-state index contributed by atoms with van der Waals surface area (Å²) >= 11 is 0. The average Bonchev–Trinajstić information content (AvgIpc) is 2.55. The van der Waals surface area contributed by atoms with Crippen molar-refractivity contribution in [2.75, 3.05) is 23.7 Å². The number of rotatable bonds is 2. The quantitative estimate of drug-likeness (QED) is 0.922. The third-order valence-electron chi connectivity index (χ3n) is 3.80. The van der Waals surface area contributed by atoms with Crippen LogP contribution in [-0.4, -0.2) is 23.1 Å². The molecule has 0 unspecified atom stereocenters. The Bertz CT molecular complexity index is 732. The molecular weight excluding hydrogens is 281 g/mol. The molecule has 0 saturated carbocycles. The second kappa shape index (κ2) is 5.98. The average molecular weight is 297 g/mol. The molecule has 5 nitrogen and oxygen atoms in total. The molecule has 0 spiro atoms. The minimum absolute atomic E-state index is 0.0158. The summed E-state index contributed by atoms with van der Waals surface area (Å²) in [6, 6.07) is 8.05. The minimum Gasteiger partial charge on any atom is -0.368 e. The maximum Gasteiger partial charge on any atom is 0.222 e. The van der Waals surface area contributed by atoms with Crippen LogP contribution in [0.4, 0.5) is 16.2 Å². The topological polar surface area (TPSA) is 78.8 Å². The SMILES string of the molecule is N#Cc1ccc(-c2cc(N3CCCCC3)nc(N)n2)cc1F. The van der Waals surface area contributed by atoms with Crippen LogP contribution < -0.4 is 10.6 Å². The van der Waals surface area contributed by atoms with E-state index in [1.807, 2.05) is 12.1 Å². The van der Waals surface area contributed by atoms with Gasteiger partial charge in [-0.1, -0.05) is 6.07 Å². The van der Waals surface area contributed by atoms with Gasteiger partial charge in [0.25, 0.3) is 0 Å². The number of nitrogen functional groups attached to an aromatic ring is 1. The molecule has 3 rings (SSSR count). The number of halogens is 1. The van der Waals surface area contributed by atoms with E-state index in [9.17, 15) is 4.39 Å². The molecule has 0 amide bonds. The summed E-state index contributed by atoms with van der Waals surface area (Å²) < 4.78 is 13.8. The molecule has 1 aliphatic rings. The number of benzene rings is 1. The Hall–Kier alpha value is -2.68. The van der Waals surface area contributed by atoms with Crippen LogP contribution in [0.3, 0.4) is 0 Å². The Morgan fingerprint density at radius 2 is 1.91 bits per heavy atom. The van der Waals surface area contributed by atoms with Crippen LogP contribution in [-0.2, 0) is 0 Å². The molecule has 112 valence electrons. The van der Waals surface area contributed by atoms with Crippen molar-refractivity contribution in [2.24, 2.45) is 0 Å². The molecule has 1 aliphatic heterocycles. The Balaban J connectivity index is 1.98. The van der Waals surface area contributed by atoms with Gasteiger partial charge in [-0.15, -0.1) is 0 Å². The summed E-state index contributed by atoms with van der Waals surface area (Å²) in [6.45, 7) is 1.88. The molecule has 22 heavy (non-hydrogen) atoms. The fraction of sp³-hybridized carbons (Fsp3) is 0.312. The summed E-state index contributed by atoms with van der Waals surface area (Å²) in [7, 11) is 0. The molecule has 2 N–H and O–H groups in total. The van der Waals surface area contributed by atoms with E-state index in [1.54, 1.807) is 6.07 Å². The van der Waals surface area contributed by atoms with E-state index >= 15 is 0 Å². The van der Waals surface area contributed by atoms with E-state index in [4.69, 9.17) is 11.0 Å². The zero-order valence-corrected chi connectivity index (χ0v) is 12.1. The first-order valence-electron chi connectivity index (χ1n) is 7.27. The highest BCUT2D eigenvalue weighted by atomic mass is 19.1. The second-order valence-electron chi connectivity index (χ2n) is 5.32. The highest BCUT2D eigenvalue weighted by molar-refractivity contribution is 5.65. The van der Waals surface area contributed by atoms with Gasteiger partial charge in [0.15, 0.2) is 0 Å². The molecular formula is C16H16FN5. The van der Waals surface area contributed by atoms with Crippen LogP contribution in [0.15, 0.2) is 24.3 Å². The molecule has 6 heteroatoms. The van der Waals surface area contributed by atoms with Gasteiger partial charge >= 0.3 is 0 Å². The molecule has 1 aromatic carbocycles. The maximum absolute atomic E-state index is 13.8. The van der Waals surface area contributed by atoms with Gasteiger partial charge in [-0.05, 0) is 31.4 Å². The zero-order valence-electron chi connectivity index (χ0n) is 12.1. The number of piperidine rings is 1. The van der Waals surface area contributed by atoms with E-state index in [2.05, 4.69) is 14.9 Å². The van der Waals surface area contributed by atoms with Gasteiger partial charge in [0.2, 0.25) is 5.95 Å². The van der Waals surface area contributed by atoms with Crippen molar-refractivity contribution in [3.8, 4) is 17.3 Å². The first-order chi connectivity index (χ1) is 10.7. The van der Waals surface area contributed by atoms with Gasteiger partial charge in [-0.2, -0.15) is 10.2 Å². The Morgan fingerprint density at radius 1 is 1.14 bits per heavy atom. The van der Waals surface area contributed by atoms with Crippen LogP contribution in [0.5, 0.6) is 0 Å². The fourth-order valence-corrected chi connectivity index (χ4v) is 2.65. The van der Waals surface area contributed by atoms with Crippen molar-refractivity contribution in [1.29, 1.82) is 5.26 Å². The zero-order chi connectivity index (χ0) is 15.5. The smallest absolute Gasteiger partial charge is 0.222 e. The molecule has 1 saturated heterocycles. The number of aromatic nitrogens is 2. The van der Waals surface area contributed by atoms with Crippen LogP contribution in [0, 0.1) is 17.1 Å². The molecule has 0 atom stereocenters.